The minimum Gasteiger partial charge on any atom is -0.491 e. The Balaban J connectivity index is 2.76. The molecule has 0 aliphatic rings. The summed E-state index contributed by atoms with van der Waals surface area (Å²) in [6, 6.07) is 3.07. The lowest BCUT2D eigenvalue weighted by Crippen LogP contribution is -2.25. The van der Waals surface area contributed by atoms with E-state index in [0.29, 0.717) is 40.7 Å². The summed E-state index contributed by atoms with van der Waals surface area (Å²) >= 11 is 11.8. The minimum absolute atomic E-state index is 0.278. The quantitative estimate of drug-likeness (QED) is 0.743. The summed E-state index contributed by atoms with van der Waals surface area (Å²) in [4.78, 5) is 10.9. The summed E-state index contributed by atoms with van der Waals surface area (Å²) < 4.78 is 10.8. The van der Waals surface area contributed by atoms with E-state index in [4.69, 9.17) is 32.7 Å². The molecule has 0 amide bonds. The number of methoxy groups -OCH3 is 1. The molecule has 0 heterocycles. The van der Waals surface area contributed by atoms with Gasteiger partial charge >= 0.3 is 0 Å². The lowest BCUT2D eigenvalue weighted by molar-refractivity contribution is 0.00543. The van der Waals surface area contributed by atoms with Gasteiger partial charge < -0.3 is 9.47 Å². The lowest BCUT2D eigenvalue weighted by atomic mass is 10.1. The Kier molecular flexibility index (Phi) is 5.45. The molecule has 100 valence electrons. The van der Waals surface area contributed by atoms with E-state index >= 15 is 0 Å². The van der Waals surface area contributed by atoms with E-state index in [2.05, 4.69) is 0 Å². The highest BCUT2D eigenvalue weighted by Gasteiger charge is 2.17. The summed E-state index contributed by atoms with van der Waals surface area (Å²) in [5.74, 6) is 0.364. The Morgan fingerprint density at radius 1 is 1.33 bits per heavy atom. The van der Waals surface area contributed by atoms with Crippen molar-refractivity contribution < 1.29 is 14.3 Å². The van der Waals surface area contributed by atoms with E-state index in [-0.39, 0.29) is 5.60 Å². The van der Waals surface area contributed by atoms with E-state index in [1.165, 1.54) is 6.07 Å². The van der Waals surface area contributed by atoms with E-state index in [1.54, 1.807) is 13.2 Å². The minimum atomic E-state index is -0.278. The van der Waals surface area contributed by atoms with Gasteiger partial charge in [0.15, 0.2) is 6.29 Å². The van der Waals surface area contributed by atoms with Gasteiger partial charge in [0.1, 0.15) is 5.75 Å². The van der Waals surface area contributed by atoms with Crippen LogP contribution in [0.2, 0.25) is 10.0 Å². The van der Waals surface area contributed by atoms with E-state index in [0.717, 1.165) is 0 Å². The van der Waals surface area contributed by atoms with E-state index < -0.39 is 0 Å². The fourth-order valence-corrected chi connectivity index (χ4v) is 1.88. The monoisotopic (exact) mass is 290 g/mol. The summed E-state index contributed by atoms with van der Waals surface area (Å²) in [7, 11) is 1.64. The number of benzene rings is 1. The number of aldehydes is 1. The van der Waals surface area contributed by atoms with Crippen LogP contribution in [0.25, 0.3) is 0 Å². The molecule has 5 heteroatoms. The van der Waals surface area contributed by atoms with Gasteiger partial charge in [-0.3, -0.25) is 4.79 Å². The number of hydrogen-bond donors (Lipinski definition) is 0. The maximum absolute atomic E-state index is 10.9. The van der Waals surface area contributed by atoms with Crippen molar-refractivity contribution in [3.63, 3.8) is 0 Å². The molecule has 1 rings (SSSR count). The summed E-state index contributed by atoms with van der Waals surface area (Å²) in [5, 5.41) is 0.742. The Hall–Kier alpha value is -0.770. The van der Waals surface area contributed by atoms with Gasteiger partial charge in [0, 0.05) is 18.6 Å². The number of rotatable bonds is 6. The van der Waals surface area contributed by atoms with Crippen LogP contribution in [0.1, 0.15) is 30.6 Å². The van der Waals surface area contributed by atoms with E-state index in [9.17, 15) is 4.79 Å². The molecule has 0 saturated carbocycles. The third kappa shape index (κ3) is 4.16. The zero-order chi connectivity index (χ0) is 13.8. The van der Waals surface area contributed by atoms with Gasteiger partial charge in [-0.2, -0.15) is 0 Å². The second-order valence-electron chi connectivity index (χ2n) is 4.49. The maximum atomic E-state index is 10.9. The van der Waals surface area contributed by atoms with Crippen LogP contribution in [0, 0.1) is 0 Å². The molecule has 0 radical (unpaired) electrons. The van der Waals surface area contributed by atoms with Crippen molar-refractivity contribution >= 4 is 29.5 Å². The molecule has 18 heavy (non-hydrogen) atoms. The number of hydrogen-bond acceptors (Lipinski definition) is 3. The molecule has 3 nitrogen and oxygen atoms in total. The van der Waals surface area contributed by atoms with Crippen molar-refractivity contribution in [1.29, 1.82) is 0 Å². The van der Waals surface area contributed by atoms with Crippen LogP contribution >= 0.6 is 23.2 Å². The van der Waals surface area contributed by atoms with Crippen LogP contribution in [0.5, 0.6) is 5.75 Å². The molecule has 0 aliphatic carbocycles. The second kappa shape index (κ2) is 6.41. The summed E-state index contributed by atoms with van der Waals surface area (Å²) in [6.07, 6.45) is 1.36. The van der Waals surface area contributed by atoms with Crippen molar-refractivity contribution in [2.45, 2.75) is 25.9 Å². The average molecular weight is 291 g/mol. The first kappa shape index (κ1) is 15.3. The first-order valence-corrected chi connectivity index (χ1v) is 6.27. The fraction of sp³-hybridized carbons (Fsp3) is 0.462. The van der Waals surface area contributed by atoms with E-state index in [1.807, 2.05) is 13.8 Å². The average Bonchev–Trinajstić information content (AvgIpc) is 2.31. The van der Waals surface area contributed by atoms with Crippen LogP contribution in [0.15, 0.2) is 12.1 Å². The highest BCUT2D eigenvalue weighted by molar-refractivity contribution is 6.36. The molecule has 0 saturated heterocycles. The number of halogens is 2. The molecule has 0 N–H and O–H groups in total. The topological polar surface area (TPSA) is 35.5 Å². The molecule has 0 spiro atoms. The fourth-order valence-electron chi connectivity index (χ4n) is 1.32. The van der Waals surface area contributed by atoms with Gasteiger partial charge in [0.25, 0.3) is 0 Å². The third-order valence-corrected chi connectivity index (χ3v) is 3.17. The predicted molar refractivity (Wildman–Crippen MR) is 73.0 cm³/mol. The van der Waals surface area contributed by atoms with Crippen LogP contribution in [0.3, 0.4) is 0 Å². The number of ether oxygens (including phenoxy) is 2. The Labute approximate surface area is 117 Å². The van der Waals surface area contributed by atoms with Crippen molar-refractivity contribution in [3.05, 3.63) is 27.7 Å². The zero-order valence-corrected chi connectivity index (χ0v) is 12.1. The summed E-state index contributed by atoms with van der Waals surface area (Å²) in [5.41, 5.74) is 0.0722. The lowest BCUT2D eigenvalue weighted by Gasteiger charge is -2.23. The highest BCUT2D eigenvalue weighted by atomic mass is 35.5. The van der Waals surface area contributed by atoms with Crippen LogP contribution in [0.4, 0.5) is 0 Å². The molecular weight excluding hydrogens is 275 g/mol. The smallest absolute Gasteiger partial charge is 0.153 e. The molecule has 1 aromatic rings. The van der Waals surface area contributed by atoms with Gasteiger partial charge in [-0.25, -0.2) is 0 Å². The van der Waals surface area contributed by atoms with Crippen molar-refractivity contribution in [2.75, 3.05) is 13.7 Å². The largest absolute Gasteiger partial charge is 0.491 e. The first-order valence-electron chi connectivity index (χ1n) is 5.52. The van der Waals surface area contributed by atoms with Gasteiger partial charge in [-0.1, -0.05) is 23.2 Å². The van der Waals surface area contributed by atoms with Crippen LogP contribution in [-0.4, -0.2) is 25.6 Å². The van der Waals surface area contributed by atoms with Gasteiger partial charge in [-0.05, 0) is 26.0 Å². The standard InChI is InChI=1S/C13H16Cl2O3/c1-13(2,17-3)4-5-18-12-9(8-16)6-10(14)7-11(12)15/h6-8H,4-5H2,1-3H3. The number of carbonyl (C=O) groups is 1. The van der Waals surface area contributed by atoms with Gasteiger partial charge in [0.05, 0.1) is 22.8 Å². The van der Waals surface area contributed by atoms with Crippen molar-refractivity contribution in [3.8, 4) is 5.75 Å². The normalized spacial score (nSPS) is 11.4. The SMILES string of the molecule is COC(C)(C)CCOc1c(Cl)cc(Cl)cc1C=O. The molecule has 0 aliphatic heterocycles. The molecule has 0 fully saturated rings. The van der Waals surface area contributed by atoms with Gasteiger partial charge in [0.2, 0.25) is 0 Å². The van der Waals surface area contributed by atoms with Gasteiger partial charge in [-0.15, -0.1) is 0 Å². The van der Waals surface area contributed by atoms with Crippen LogP contribution in [-0.2, 0) is 4.74 Å². The summed E-state index contributed by atoms with van der Waals surface area (Å²) in [6.45, 7) is 4.32. The zero-order valence-electron chi connectivity index (χ0n) is 10.6. The molecule has 0 atom stereocenters. The molecular formula is C13H16Cl2O3. The molecule has 1 aromatic carbocycles. The Bertz CT molecular complexity index is 430. The molecule has 0 bridgehead atoms. The third-order valence-electron chi connectivity index (χ3n) is 2.67. The second-order valence-corrected chi connectivity index (χ2v) is 5.33. The molecule has 0 aromatic heterocycles. The molecule has 0 unspecified atom stereocenters. The number of carbonyl (C=O) groups excluding carboxylic acids is 1. The van der Waals surface area contributed by atoms with Crippen molar-refractivity contribution in [1.82, 2.24) is 0 Å². The highest BCUT2D eigenvalue weighted by Crippen LogP contribution is 2.31. The maximum Gasteiger partial charge on any atom is 0.153 e. The Morgan fingerprint density at radius 2 is 2.00 bits per heavy atom. The van der Waals surface area contributed by atoms with Crippen molar-refractivity contribution in [2.24, 2.45) is 0 Å². The first-order chi connectivity index (χ1) is 8.39. The van der Waals surface area contributed by atoms with Crippen LogP contribution < -0.4 is 4.74 Å². The predicted octanol–water partition coefficient (Wildman–Crippen LogP) is 4.00. The Morgan fingerprint density at radius 3 is 2.56 bits per heavy atom.